The van der Waals surface area contributed by atoms with Crippen molar-refractivity contribution in [2.24, 2.45) is 0 Å². The number of nitrogens with zero attached hydrogens (tertiary/aromatic N) is 2. The summed E-state index contributed by atoms with van der Waals surface area (Å²) >= 11 is 1.71. The molecule has 0 saturated carbocycles. The molecule has 1 aliphatic heterocycles. The zero-order valence-corrected chi connectivity index (χ0v) is 22.4. The molecule has 37 heavy (non-hydrogen) atoms. The van der Waals surface area contributed by atoms with Gasteiger partial charge in [-0.15, -0.1) is 11.3 Å². The number of fused-ring (bicyclic) bond motifs is 2. The number of sulfonamides is 1. The summed E-state index contributed by atoms with van der Waals surface area (Å²) in [6.07, 6.45) is 1.26. The molecule has 3 aromatic carbocycles. The topological polar surface area (TPSA) is 66.9 Å². The maximum absolute atomic E-state index is 14.0. The smallest absolute Gasteiger partial charge is 0.244 e. The minimum absolute atomic E-state index is 0.193. The van der Waals surface area contributed by atoms with Gasteiger partial charge in [0.15, 0.2) is 0 Å². The van der Waals surface area contributed by atoms with Crippen molar-refractivity contribution in [1.29, 1.82) is 0 Å². The van der Waals surface area contributed by atoms with E-state index in [9.17, 15) is 13.2 Å². The Bertz CT molecular complexity index is 1480. The van der Waals surface area contributed by atoms with Gasteiger partial charge in [0.25, 0.3) is 0 Å². The monoisotopic (exact) mass is 534 g/mol. The van der Waals surface area contributed by atoms with Crippen LogP contribution in [0.15, 0.2) is 89.1 Å². The summed E-state index contributed by atoms with van der Waals surface area (Å²) in [6, 6.07) is 24.5. The fourth-order valence-corrected chi connectivity index (χ4v) is 7.60. The van der Waals surface area contributed by atoms with Crippen LogP contribution in [0.5, 0.6) is 0 Å². The second kappa shape index (κ2) is 11.1. The van der Waals surface area contributed by atoms with Crippen LogP contribution >= 0.6 is 11.3 Å². The zero-order chi connectivity index (χ0) is 25.8. The molecule has 4 aromatic rings. The van der Waals surface area contributed by atoms with Crippen molar-refractivity contribution >= 4 is 38.0 Å². The molecule has 1 atom stereocenters. The van der Waals surface area contributed by atoms with Crippen molar-refractivity contribution in [3.8, 4) is 0 Å². The van der Waals surface area contributed by atoms with E-state index in [-0.39, 0.29) is 29.9 Å². The Kier molecular flexibility index (Phi) is 7.71. The SMILES string of the molecule is COCCCN(CC(=O)N1CCc2sccc2[C@@H]1c1ccccc1)S(=O)(=O)c1cccc2ccccc12. The van der Waals surface area contributed by atoms with Crippen LogP contribution in [-0.2, 0) is 26.0 Å². The third kappa shape index (κ3) is 5.20. The van der Waals surface area contributed by atoms with E-state index in [0.717, 1.165) is 22.9 Å². The molecule has 0 aliphatic carbocycles. The van der Waals surface area contributed by atoms with Crippen molar-refractivity contribution in [2.45, 2.75) is 23.8 Å². The first-order valence-electron chi connectivity index (χ1n) is 12.4. The maximum Gasteiger partial charge on any atom is 0.244 e. The zero-order valence-electron chi connectivity index (χ0n) is 20.7. The van der Waals surface area contributed by atoms with Gasteiger partial charge in [0.1, 0.15) is 0 Å². The molecule has 2 heterocycles. The fourth-order valence-electron chi connectivity index (χ4n) is 5.05. The van der Waals surface area contributed by atoms with E-state index < -0.39 is 10.0 Å². The second-order valence-corrected chi connectivity index (χ2v) is 12.0. The largest absolute Gasteiger partial charge is 0.385 e. The maximum atomic E-state index is 14.0. The van der Waals surface area contributed by atoms with Crippen molar-refractivity contribution in [3.05, 3.63) is 100 Å². The molecule has 6 nitrogen and oxygen atoms in total. The molecule has 0 N–H and O–H groups in total. The van der Waals surface area contributed by atoms with Gasteiger partial charge in [0.2, 0.25) is 15.9 Å². The summed E-state index contributed by atoms with van der Waals surface area (Å²) in [6.45, 7) is 0.924. The summed E-state index contributed by atoms with van der Waals surface area (Å²) in [5, 5.41) is 3.56. The lowest BCUT2D eigenvalue weighted by Gasteiger charge is -2.37. The second-order valence-electron chi connectivity index (χ2n) is 9.11. The van der Waals surface area contributed by atoms with Crippen molar-refractivity contribution < 1.29 is 17.9 Å². The highest BCUT2D eigenvalue weighted by atomic mass is 32.2. The normalized spacial score (nSPS) is 15.7. The number of methoxy groups -OCH3 is 1. The molecule has 0 fully saturated rings. The van der Waals surface area contributed by atoms with Gasteiger partial charge < -0.3 is 9.64 Å². The van der Waals surface area contributed by atoms with Gasteiger partial charge in [0, 0.05) is 37.1 Å². The summed E-state index contributed by atoms with van der Waals surface area (Å²) in [5.41, 5.74) is 2.15. The summed E-state index contributed by atoms with van der Waals surface area (Å²) in [7, 11) is -2.35. The molecule has 0 unspecified atom stereocenters. The average Bonchev–Trinajstić information content (AvgIpc) is 3.41. The molecule has 5 rings (SSSR count). The van der Waals surface area contributed by atoms with Crippen LogP contribution in [0.1, 0.15) is 28.5 Å². The Morgan fingerprint density at radius 1 is 1.03 bits per heavy atom. The Morgan fingerprint density at radius 2 is 1.78 bits per heavy atom. The predicted octanol–water partition coefficient (Wildman–Crippen LogP) is 5.10. The minimum atomic E-state index is -3.94. The highest BCUT2D eigenvalue weighted by Crippen LogP contribution is 2.38. The van der Waals surface area contributed by atoms with E-state index in [1.54, 1.807) is 30.6 Å². The van der Waals surface area contributed by atoms with Gasteiger partial charge in [-0.25, -0.2) is 8.42 Å². The molecule has 0 saturated heterocycles. The number of amides is 1. The standard InChI is InChI=1S/C29H30N2O4S2/c1-35-19-8-17-30(37(33,34)27-14-7-12-22-9-5-6-13-24(22)27)21-28(32)31-18-15-26-25(16-20-36-26)29(31)23-10-3-2-4-11-23/h2-7,9-14,16,20,29H,8,15,17-19,21H2,1H3/t29-/m0/s1. The Hall–Kier alpha value is -3.04. The lowest BCUT2D eigenvalue weighted by atomic mass is 9.93. The van der Waals surface area contributed by atoms with Crippen LogP contribution in [0.3, 0.4) is 0 Å². The molecule has 192 valence electrons. The average molecular weight is 535 g/mol. The van der Waals surface area contributed by atoms with Gasteiger partial charge in [-0.2, -0.15) is 4.31 Å². The first-order valence-corrected chi connectivity index (χ1v) is 14.7. The predicted molar refractivity (Wildman–Crippen MR) is 147 cm³/mol. The van der Waals surface area contributed by atoms with Gasteiger partial charge in [-0.1, -0.05) is 66.7 Å². The quantitative estimate of drug-likeness (QED) is 0.280. The molecule has 0 radical (unpaired) electrons. The Balaban J connectivity index is 1.49. The molecule has 1 aromatic heterocycles. The number of thiophene rings is 1. The van der Waals surface area contributed by atoms with Gasteiger partial charge >= 0.3 is 0 Å². The summed E-state index contributed by atoms with van der Waals surface area (Å²) in [5.74, 6) is -0.202. The lowest BCUT2D eigenvalue weighted by molar-refractivity contribution is -0.133. The third-order valence-corrected chi connectivity index (χ3v) is 9.74. The first-order chi connectivity index (χ1) is 18.0. The van der Waals surface area contributed by atoms with Crippen LogP contribution in [0, 0.1) is 0 Å². The number of rotatable bonds is 9. The van der Waals surface area contributed by atoms with E-state index in [0.29, 0.717) is 25.0 Å². The molecule has 0 bridgehead atoms. The van der Waals surface area contributed by atoms with Crippen LogP contribution in [0.4, 0.5) is 0 Å². The Morgan fingerprint density at radius 3 is 2.59 bits per heavy atom. The number of benzene rings is 3. The highest BCUT2D eigenvalue weighted by molar-refractivity contribution is 7.89. The third-order valence-electron chi connectivity index (χ3n) is 6.84. The van der Waals surface area contributed by atoms with Gasteiger partial charge in [-0.05, 0) is 46.9 Å². The van der Waals surface area contributed by atoms with Crippen LogP contribution < -0.4 is 0 Å². The van der Waals surface area contributed by atoms with E-state index >= 15 is 0 Å². The minimum Gasteiger partial charge on any atom is -0.385 e. The van der Waals surface area contributed by atoms with Gasteiger partial charge in [0.05, 0.1) is 17.5 Å². The van der Waals surface area contributed by atoms with Crippen molar-refractivity contribution in [3.63, 3.8) is 0 Å². The fraction of sp³-hybridized carbons (Fsp3) is 0.276. The molecule has 0 spiro atoms. The molecular formula is C29H30N2O4S2. The molecule has 8 heteroatoms. The van der Waals surface area contributed by atoms with E-state index in [1.165, 1.54) is 9.18 Å². The van der Waals surface area contributed by atoms with Crippen LogP contribution in [0.25, 0.3) is 10.8 Å². The van der Waals surface area contributed by atoms with E-state index in [2.05, 4.69) is 11.4 Å². The molecule has 1 amide bonds. The highest BCUT2D eigenvalue weighted by Gasteiger charge is 2.35. The molecule has 1 aliphatic rings. The lowest BCUT2D eigenvalue weighted by Crippen LogP contribution is -2.47. The number of carbonyl (C=O) groups is 1. The van der Waals surface area contributed by atoms with Crippen molar-refractivity contribution in [1.82, 2.24) is 9.21 Å². The summed E-state index contributed by atoms with van der Waals surface area (Å²) in [4.78, 5) is 17.2. The van der Waals surface area contributed by atoms with E-state index in [1.807, 2.05) is 65.6 Å². The Labute approximate surface area is 222 Å². The first kappa shape index (κ1) is 25.6. The number of carbonyl (C=O) groups excluding carboxylic acids is 1. The van der Waals surface area contributed by atoms with Crippen LogP contribution in [0.2, 0.25) is 0 Å². The number of ether oxygens (including phenoxy) is 1. The van der Waals surface area contributed by atoms with Gasteiger partial charge in [-0.3, -0.25) is 4.79 Å². The molecular weight excluding hydrogens is 504 g/mol. The number of hydrogen-bond acceptors (Lipinski definition) is 5. The summed E-state index contributed by atoms with van der Waals surface area (Å²) < 4.78 is 34.5. The number of hydrogen-bond donors (Lipinski definition) is 0. The van der Waals surface area contributed by atoms with E-state index in [4.69, 9.17) is 4.74 Å². The van der Waals surface area contributed by atoms with Crippen LogP contribution in [-0.4, -0.2) is 56.9 Å². The van der Waals surface area contributed by atoms with Crippen molar-refractivity contribution in [2.75, 3.05) is 33.4 Å².